The average molecular weight is 500 g/mol. The molecule has 1 aliphatic heterocycles. The van der Waals surface area contributed by atoms with E-state index in [1.807, 2.05) is 91.2 Å². The Morgan fingerprint density at radius 2 is 1.76 bits per heavy atom. The van der Waals surface area contributed by atoms with E-state index in [-0.39, 0.29) is 5.91 Å². The summed E-state index contributed by atoms with van der Waals surface area (Å²) in [6.45, 7) is 0.447. The highest BCUT2D eigenvalue weighted by Crippen LogP contribution is 2.39. The van der Waals surface area contributed by atoms with Crippen LogP contribution in [0.15, 0.2) is 101 Å². The van der Waals surface area contributed by atoms with Crippen molar-refractivity contribution in [2.24, 2.45) is 0 Å². The molecule has 6 heteroatoms. The summed E-state index contributed by atoms with van der Waals surface area (Å²) < 4.78 is 6.76. The summed E-state index contributed by atoms with van der Waals surface area (Å²) in [7, 11) is 0. The quantitative estimate of drug-likeness (QED) is 0.155. The molecule has 0 N–H and O–H groups in total. The Kier molecular flexibility index (Phi) is 6.72. The highest BCUT2D eigenvalue weighted by atomic mass is 32.2. The lowest BCUT2D eigenvalue weighted by atomic mass is 10.0. The molecule has 0 saturated carbocycles. The average Bonchev–Trinajstić information content (AvgIpc) is 3.16. The Balaban J connectivity index is 1.53. The number of thioether (sulfide) groups is 2. The first-order valence-electron chi connectivity index (χ1n) is 10.7. The maximum absolute atomic E-state index is 13.4. The number of benzene rings is 4. The van der Waals surface area contributed by atoms with Crippen LogP contribution in [0, 0.1) is 0 Å². The topological polar surface area (TPSA) is 29.5 Å². The largest absolute Gasteiger partial charge is 0.488 e. The molecule has 5 rings (SSSR count). The van der Waals surface area contributed by atoms with Crippen LogP contribution in [0.4, 0.5) is 5.69 Å². The molecule has 0 radical (unpaired) electrons. The Labute approximate surface area is 212 Å². The number of ether oxygens (including phenoxy) is 1. The van der Waals surface area contributed by atoms with E-state index < -0.39 is 0 Å². The first-order valence-corrected chi connectivity index (χ1v) is 13.2. The standard InChI is InChI=1S/C28H21NO2S3/c1-33-22-12-7-11-21(16-22)29-27(30)26(34-28(29)32)17-24-23-13-6-5-10-20(23)14-15-25(24)31-18-19-8-3-2-4-9-19/h2-17H,18H2,1H3/b26-17+. The molecule has 1 aliphatic rings. The third-order valence-corrected chi connectivity index (χ3v) is 7.58. The third-order valence-electron chi connectivity index (χ3n) is 5.55. The Hall–Kier alpha value is -3.06. The number of nitrogens with zero attached hydrogens (tertiary/aromatic N) is 1. The van der Waals surface area contributed by atoms with Gasteiger partial charge in [-0.1, -0.05) is 90.7 Å². The van der Waals surface area contributed by atoms with E-state index in [1.54, 1.807) is 16.7 Å². The van der Waals surface area contributed by atoms with Crippen molar-refractivity contribution in [2.45, 2.75) is 11.5 Å². The van der Waals surface area contributed by atoms with Crippen molar-refractivity contribution in [3.05, 3.63) is 107 Å². The molecule has 1 fully saturated rings. The van der Waals surface area contributed by atoms with Gasteiger partial charge in [0.1, 0.15) is 12.4 Å². The summed E-state index contributed by atoms with van der Waals surface area (Å²) in [4.78, 5) is 16.7. The van der Waals surface area contributed by atoms with E-state index >= 15 is 0 Å². The van der Waals surface area contributed by atoms with Crippen LogP contribution in [0.2, 0.25) is 0 Å². The molecule has 0 aliphatic carbocycles. The van der Waals surface area contributed by atoms with Crippen LogP contribution in [0.1, 0.15) is 11.1 Å². The van der Waals surface area contributed by atoms with E-state index in [2.05, 4.69) is 12.1 Å². The first-order chi connectivity index (χ1) is 16.6. The van der Waals surface area contributed by atoms with Gasteiger partial charge in [0.25, 0.3) is 5.91 Å². The highest BCUT2D eigenvalue weighted by molar-refractivity contribution is 8.27. The zero-order valence-electron chi connectivity index (χ0n) is 18.4. The minimum absolute atomic E-state index is 0.116. The number of hydrogen-bond acceptors (Lipinski definition) is 5. The molecule has 0 bridgehead atoms. The second kappa shape index (κ2) is 10.1. The maximum atomic E-state index is 13.4. The van der Waals surface area contributed by atoms with Gasteiger partial charge in [0, 0.05) is 10.5 Å². The number of carbonyl (C=O) groups excluding carboxylic acids is 1. The van der Waals surface area contributed by atoms with Crippen molar-refractivity contribution >= 4 is 68.5 Å². The van der Waals surface area contributed by atoms with Gasteiger partial charge < -0.3 is 4.74 Å². The molecule has 1 amide bonds. The second-order valence-corrected chi connectivity index (χ2v) is 10.2. The van der Waals surface area contributed by atoms with Gasteiger partial charge in [-0.05, 0) is 52.9 Å². The molecule has 4 aromatic rings. The van der Waals surface area contributed by atoms with Gasteiger partial charge in [-0.3, -0.25) is 9.69 Å². The lowest BCUT2D eigenvalue weighted by Crippen LogP contribution is -2.27. The molecule has 1 saturated heterocycles. The smallest absolute Gasteiger partial charge is 0.270 e. The third kappa shape index (κ3) is 4.62. The van der Waals surface area contributed by atoms with Crippen molar-refractivity contribution in [3.63, 3.8) is 0 Å². The predicted octanol–water partition coefficient (Wildman–Crippen LogP) is 7.55. The number of hydrogen-bond donors (Lipinski definition) is 0. The molecule has 0 unspecified atom stereocenters. The summed E-state index contributed by atoms with van der Waals surface area (Å²) >= 11 is 8.56. The van der Waals surface area contributed by atoms with Crippen LogP contribution >= 0.6 is 35.7 Å². The summed E-state index contributed by atoms with van der Waals surface area (Å²) in [5.74, 6) is 0.618. The molecule has 1 heterocycles. The molecular weight excluding hydrogens is 479 g/mol. The van der Waals surface area contributed by atoms with Gasteiger partial charge in [-0.25, -0.2) is 0 Å². The van der Waals surface area contributed by atoms with Gasteiger partial charge in [0.05, 0.1) is 10.6 Å². The van der Waals surface area contributed by atoms with Crippen LogP contribution in [0.3, 0.4) is 0 Å². The molecule has 4 aromatic carbocycles. The van der Waals surface area contributed by atoms with Crippen molar-refractivity contribution < 1.29 is 9.53 Å². The Morgan fingerprint density at radius 1 is 0.971 bits per heavy atom. The van der Waals surface area contributed by atoms with Gasteiger partial charge in [-0.2, -0.15) is 0 Å². The van der Waals surface area contributed by atoms with Gasteiger partial charge in [0.15, 0.2) is 4.32 Å². The van der Waals surface area contributed by atoms with Crippen LogP contribution in [-0.4, -0.2) is 16.5 Å². The van der Waals surface area contributed by atoms with Crippen LogP contribution in [0.5, 0.6) is 5.75 Å². The monoisotopic (exact) mass is 499 g/mol. The fraction of sp³-hybridized carbons (Fsp3) is 0.0714. The number of amides is 1. The summed E-state index contributed by atoms with van der Waals surface area (Å²) in [6, 6.07) is 30.1. The number of anilines is 1. The van der Waals surface area contributed by atoms with Crippen LogP contribution < -0.4 is 9.64 Å². The van der Waals surface area contributed by atoms with Crippen molar-refractivity contribution in [1.82, 2.24) is 0 Å². The van der Waals surface area contributed by atoms with Crippen molar-refractivity contribution in [2.75, 3.05) is 11.2 Å². The van der Waals surface area contributed by atoms with E-state index in [0.717, 1.165) is 38.2 Å². The van der Waals surface area contributed by atoms with Crippen LogP contribution in [0.25, 0.3) is 16.8 Å². The maximum Gasteiger partial charge on any atom is 0.270 e. The number of thiocarbonyl (C=S) groups is 1. The van der Waals surface area contributed by atoms with E-state index in [4.69, 9.17) is 17.0 Å². The fourth-order valence-electron chi connectivity index (χ4n) is 3.86. The van der Waals surface area contributed by atoms with E-state index in [9.17, 15) is 4.79 Å². The SMILES string of the molecule is CSc1cccc(N2C(=O)/C(=C\c3c(OCc4ccccc4)ccc4ccccc34)SC2=S)c1. The summed E-state index contributed by atoms with van der Waals surface area (Å²) in [6.07, 6.45) is 3.93. The molecule has 3 nitrogen and oxygen atoms in total. The number of rotatable bonds is 6. The van der Waals surface area contributed by atoms with Gasteiger partial charge in [-0.15, -0.1) is 11.8 Å². The number of carbonyl (C=O) groups is 1. The first kappa shape index (κ1) is 22.7. The Bertz CT molecular complexity index is 1420. The number of fused-ring (bicyclic) bond motifs is 1. The van der Waals surface area contributed by atoms with E-state index in [0.29, 0.717) is 15.8 Å². The molecule has 0 atom stereocenters. The minimum atomic E-state index is -0.116. The van der Waals surface area contributed by atoms with Crippen molar-refractivity contribution in [1.29, 1.82) is 0 Å². The minimum Gasteiger partial charge on any atom is -0.488 e. The normalized spacial score (nSPS) is 14.9. The van der Waals surface area contributed by atoms with Crippen molar-refractivity contribution in [3.8, 4) is 5.75 Å². The van der Waals surface area contributed by atoms with E-state index in [1.165, 1.54) is 11.8 Å². The fourth-order valence-corrected chi connectivity index (χ4v) is 5.59. The Morgan fingerprint density at radius 3 is 2.59 bits per heavy atom. The molecule has 0 aromatic heterocycles. The van der Waals surface area contributed by atoms with Gasteiger partial charge in [0.2, 0.25) is 0 Å². The van der Waals surface area contributed by atoms with Gasteiger partial charge >= 0.3 is 0 Å². The van der Waals surface area contributed by atoms with Crippen LogP contribution in [-0.2, 0) is 11.4 Å². The lowest BCUT2D eigenvalue weighted by Gasteiger charge is -2.15. The predicted molar refractivity (Wildman–Crippen MR) is 149 cm³/mol. The molecule has 0 spiro atoms. The molecule has 168 valence electrons. The summed E-state index contributed by atoms with van der Waals surface area (Å²) in [5, 5.41) is 2.12. The summed E-state index contributed by atoms with van der Waals surface area (Å²) in [5.41, 5.74) is 2.75. The lowest BCUT2D eigenvalue weighted by molar-refractivity contribution is -0.113. The molecule has 34 heavy (non-hydrogen) atoms. The highest BCUT2D eigenvalue weighted by Gasteiger charge is 2.33. The molecular formula is C28H21NO2S3. The second-order valence-electron chi connectivity index (χ2n) is 7.69. The zero-order valence-corrected chi connectivity index (χ0v) is 20.9. The zero-order chi connectivity index (χ0) is 23.5.